The maximum atomic E-state index is 12.8. The van der Waals surface area contributed by atoms with Crippen LogP contribution in [0.5, 0.6) is 5.75 Å². The van der Waals surface area contributed by atoms with Crippen LogP contribution in [0.1, 0.15) is 53.0 Å². The van der Waals surface area contributed by atoms with Gasteiger partial charge in [-0.1, -0.05) is 33.8 Å². The second-order valence-corrected chi connectivity index (χ2v) is 9.39. The maximum Gasteiger partial charge on any atom is 0.308 e. The molecule has 0 saturated carbocycles. The molecule has 0 radical (unpaired) electrons. The zero-order valence-electron chi connectivity index (χ0n) is 21.4. The molecule has 1 aliphatic heterocycles. The lowest BCUT2D eigenvalue weighted by molar-refractivity contribution is -0.175. The summed E-state index contributed by atoms with van der Waals surface area (Å²) in [7, 11) is 0. The van der Waals surface area contributed by atoms with E-state index in [0.717, 1.165) is 0 Å². The zero-order valence-corrected chi connectivity index (χ0v) is 21.4. The first kappa shape index (κ1) is 29.2. The Kier molecular flexibility index (Phi) is 11.3. The summed E-state index contributed by atoms with van der Waals surface area (Å²) in [6, 6.07) is 4.11. The number of aldehydes is 1. The van der Waals surface area contributed by atoms with Gasteiger partial charge in [0.05, 0.1) is 24.3 Å². The van der Waals surface area contributed by atoms with Gasteiger partial charge in [0.2, 0.25) is 18.1 Å². The average molecular weight is 508 g/mol. The van der Waals surface area contributed by atoms with Crippen LogP contribution in [0.15, 0.2) is 18.2 Å². The summed E-state index contributed by atoms with van der Waals surface area (Å²) in [5.74, 6) is -1.25. The highest BCUT2D eigenvalue weighted by atomic mass is 16.7. The van der Waals surface area contributed by atoms with E-state index < -0.39 is 30.4 Å². The molecule has 0 bridgehead atoms. The summed E-state index contributed by atoms with van der Waals surface area (Å²) in [6.45, 7) is 8.88. The van der Waals surface area contributed by atoms with Crippen LogP contribution < -0.4 is 20.7 Å². The Hall–Kier alpha value is -3.02. The summed E-state index contributed by atoms with van der Waals surface area (Å²) >= 11 is 0. The molecule has 2 rings (SSSR count). The molecule has 1 aromatic carbocycles. The van der Waals surface area contributed by atoms with Gasteiger partial charge in [0, 0.05) is 18.9 Å². The number of hydrogen-bond donors (Lipinski definition) is 4. The lowest BCUT2D eigenvalue weighted by atomic mass is 10.1. The molecule has 4 unspecified atom stereocenters. The highest BCUT2D eigenvalue weighted by Gasteiger charge is 2.30. The summed E-state index contributed by atoms with van der Waals surface area (Å²) < 4.78 is 16.8. The quantitative estimate of drug-likeness (QED) is 0.242. The number of nitrogens with one attached hydrogen (secondary N) is 3. The highest BCUT2D eigenvalue weighted by Crippen LogP contribution is 2.30. The molecule has 200 valence electrons. The normalized spacial score (nSPS) is 20.5. The van der Waals surface area contributed by atoms with Gasteiger partial charge >= 0.3 is 5.97 Å². The summed E-state index contributed by atoms with van der Waals surface area (Å²) in [5, 5.41) is 18.4. The van der Waals surface area contributed by atoms with Crippen LogP contribution in [0.2, 0.25) is 0 Å². The van der Waals surface area contributed by atoms with Crippen molar-refractivity contribution in [3.05, 3.63) is 23.8 Å². The molecular weight excluding hydrogens is 470 g/mol. The predicted octanol–water partition coefficient (Wildman–Crippen LogP) is 1.27. The topological polar surface area (TPSA) is 152 Å². The Bertz CT molecular complexity index is 921. The number of amides is 2. The second-order valence-electron chi connectivity index (χ2n) is 9.39. The molecule has 0 spiro atoms. The van der Waals surface area contributed by atoms with Crippen molar-refractivity contribution in [2.75, 3.05) is 11.9 Å². The monoisotopic (exact) mass is 507 g/mol. The summed E-state index contributed by atoms with van der Waals surface area (Å²) in [4.78, 5) is 47.9. The molecule has 1 aromatic rings. The average Bonchev–Trinajstić information content (AvgIpc) is 2.81. The van der Waals surface area contributed by atoms with Gasteiger partial charge in [0.1, 0.15) is 30.8 Å². The lowest BCUT2D eigenvalue weighted by Gasteiger charge is -2.31. The van der Waals surface area contributed by atoms with Crippen molar-refractivity contribution in [3.63, 3.8) is 0 Å². The highest BCUT2D eigenvalue weighted by molar-refractivity contribution is 5.98. The molecule has 1 fully saturated rings. The fraction of sp³-hybridized carbons (Fsp3) is 0.600. The molecule has 11 nitrogen and oxygen atoms in total. The Balaban J connectivity index is 2.16. The Morgan fingerprint density at radius 2 is 1.89 bits per heavy atom. The fourth-order valence-corrected chi connectivity index (χ4v) is 3.27. The molecular formula is C25H37N3O8. The predicted molar refractivity (Wildman–Crippen MR) is 131 cm³/mol. The minimum Gasteiger partial charge on any atom is -0.463 e. The van der Waals surface area contributed by atoms with Crippen LogP contribution >= 0.6 is 0 Å². The largest absolute Gasteiger partial charge is 0.463 e. The Morgan fingerprint density at radius 1 is 1.17 bits per heavy atom. The van der Waals surface area contributed by atoms with Crippen molar-refractivity contribution in [2.24, 2.45) is 5.92 Å². The van der Waals surface area contributed by atoms with E-state index >= 15 is 0 Å². The first-order valence-corrected chi connectivity index (χ1v) is 12.1. The number of rotatable bonds is 12. The molecule has 4 atom stereocenters. The van der Waals surface area contributed by atoms with E-state index in [-0.39, 0.29) is 61.3 Å². The third-order valence-electron chi connectivity index (χ3n) is 5.30. The number of aliphatic hydroxyl groups is 1. The van der Waals surface area contributed by atoms with Gasteiger partial charge in [-0.05, 0) is 24.6 Å². The molecule has 1 aliphatic rings. The molecule has 11 heteroatoms. The van der Waals surface area contributed by atoms with E-state index in [2.05, 4.69) is 16.0 Å². The summed E-state index contributed by atoms with van der Waals surface area (Å²) in [6.07, 6.45) is -1.65. The van der Waals surface area contributed by atoms with E-state index in [1.54, 1.807) is 39.0 Å². The van der Waals surface area contributed by atoms with Crippen molar-refractivity contribution in [1.29, 1.82) is 0 Å². The van der Waals surface area contributed by atoms with Gasteiger partial charge in [-0.15, -0.1) is 0 Å². The van der Waals surface area contributed by atoms with Crippen LogP contribution in [0.4, 0.5) is 5.69 Å². The van der Waals surface area contributed by atoms with Crippen LogP contribution in [0.3, 0.4) is 0 Å². The summed E-state index contributed by atoms with van der Waals surface area (Å²) in [5.41, 5.74) is 0.882. The number of carbonyl (C=O) groups is 4. The van der Waals surface area contributed by atoms with Crippen LogP contribution in [0.25, 0.3) is 0 Å². The third kappa shape index (κ3) is 9.56. The number of esters is 1. The van der Waals surface area contributed by atoms with Crippen molar-refractivity contribution >= 4 is 29.8 Å². The Labute approximate surface area is 211 Å². The minimum absolute atomic E-state index is 0.0119. The molecule has 4 N–H and O–H groups in total. The number of anilines is 1. The first-order valence-electron chi connectivity index (χ1n) is 12.1. The van der Waals surface area contributed by atoms with E-state index in [9.17, 15) is 24.3 Å². The van der Waals surface area contributed by atoms with Gasteiger partial charge in [-0.3, -0.25) is 14.4 Å². The van der Waals surface area contributed by atoms with E-state index in [4.69, 9.17) is 14.2 Å². The maximum absolute atomic E-state index is 12.8. The van der Waals surface area contributed by atoms with E-state index in [1.807, 2.05) is 13.8 Å². The lowest BCUT2D eigenvalue weighted by Crippen LogP contribution is -2.46. The van der Waals surface area contributed by atoms with E-state index in [1.165, 1.54) is 0 Å². The fourth-order valence-electron chi connectivity index (χ4n) is 3.27. The molecule has 1 heterocycles. The number of hydrogen-bond acceptors (Lipinski definition) is 9. The number of carbonyl (C=O) groups excluding carboxylic acids is 4. The molecule has 0 aliphatic carbocycles. The standard InChI is InChI=1S/C25H37N3O8/c1-14(2)25(33)34-13-17-6-7-20(28-24(32)16(5)27-22(31)11-26-15(3)4)21(8-17)36-23-10-18(30)9-19(12-29)35-23/h6-8,12,14-16,18-19,23,26,30H,9-11,13H2,1-5H3,(H,27,31)(H,28,32). The molecule has 2 amide bonds. The molecule has 36 heavy (non-hydrogen) atoms. The van der Waals surface area contributed by atoms with Crippen molar-refractivity contribution < 1.29 is 38.5 Å². The molecule has 1 saturated heterocycles. The Morgan fingerprint density at radius 3 is 2.53 bits per heavy atom. The smallest absolute Gasteiger partial charge is 0.308 e. The zero-order chi connectivity index (χ0) is 26.8. The van der Waals surface area contributed by atoms with Gasteiger partial charge in [-0.25, -0.2) is 0 Å². The van der Waals surface area contributed by atoms with Crippen molar-refractivity contribution in [2.45, 2.75) is 84.6 Å². The van der Waals surface area contributed by atoms with Crippen LogP contribution in [0, 0.1) is 5.92 Å². The second kappa shape index (κ2) is 13.9. The minimum atomic E-state index is -0.938. The SMILES string of the molecule is CC(C)NCC(=O)NC(C)C(=O)Nc1ccc(COC(=O)C(C)C)cc1OC1CC(O)CC(C=O)O1. The molecule has 0 aromatic heterocycles. The van der Waals surface area contributed by atoms with Gasteiger partial charge in [-0.2, -0.15) is 0 Å². The first-order chi connectivity index (χ1) is 17.0. The van der Waals surface area contributed by atoms with Crippen molar-refractivity contribution in [1.82, 2.24) is 10.6 Å². The number of ether oxygens (including phenoxy) is 3. The van der Waals surface area contributed by atoms with Gasteiger partial charge < -0.3 is 40.1 Å². The van der Waals surface area contributed by atoms with Crippen molar-refractivity contribution in [3.8, 4) is 5.75 Å². The number of aliphatic hydroxyl groups excluding tert-OH is 1. The van der Waals surface area contributed by atoms with E-state index in [0.29, 0.717) is 11.8 Å². The van der Waals surface area contributed by atoms with Gasteiger partial charge in [0.15, 0.2) is 0 Å². The number of benzene rings is 1. The van der Waals surface area contributed by atoms with Crippen LogP contribution in [-0.2, 0) is 35.3 Å². The third-order valence-corrected chi connectivity index (χ3v) is 5.30. The van der Waals surface area contributed by atoms with Crippen LogP contribution in [-0.4, -0.2) is 66.3 Å². The van der Waals surface area contributed by atoms with Gasteiger partial charge in [0.25, 0.3) is 0 Å².